The van der Waals surface area contributed by atoms with Crippen LogP contribution in [0.3, 0.4) is 0 Å². The Morgan fingerprint density at radius 3 is 2.47 bits per heavy atom. The monoisotopic (exact) mass is 262 g/mol. The fourth-order valence-electron chi connectivity index (χ4n) is 2.43. The number of nitrogens with two attached hydrogens (primary N) is 1. The Kier molecular flexibility index (Phi) is 6.49. The molecule has 1 saturated heterocycles. The van der Waals surface area contributed by atoms with E-state index in [0.29, 0.717) is 5.92 Å². The molecule has 1 amide bonds. The van der Waals surface area contributed by atoms with Crippen molar-refractivity contribution in [3.8, 4) is 0 Å². The first-order valence-corrected chi connectivity index (χ1v) is 6.46. The fourth-order valence-corrected chi connectivity index (χ4v) is 2.43. The Morgan fingerprint density at radius 2 is 2.00 bits per heavy atom. The second-order valence-corrected chi connectivity index (χ2v) is 5.66. The molecule has 0 spiro atoms. The van der Waals surface area contributed by atoms with Crippen LogP contribution in [0.15, 0.2) is 0 Å². The lowest BCUT2D eigenvalue weighted by atomic mass is 9.87. The summed E-state index contributed by atoms with van der Waals surface area (Å²) in [6.07, 6.45) is 2.83. The van der Waals surface area contributed by atoms with Crippen LogP contribution in [-0.2, 0) is 4.79 Å². The predicted octanol–water partition coefficient (Wildman–Crippen LogP) is 2.43. The average molecular weight is 263 g/mol. The van der Waals surface area contributed by atoms with Gasteiger partial charge in [0, 0.05) is 13.1 Å². The van der Waals surface area contributed by atoms with Gasteiger partial charge in [0.2, 0.25) is 5.91 Å². The predicted molar refractivity (Wildman–Crippen MR) is 74.3 cm³/mol. The van der Waals surface area contributed by atoms with Crippen molar-refractivity contribution in [2.24, 2.45) is 17.6 Å². The topological polar surface area (TPSA) is 46.3 Å². The summed E-state index contributed by atoms with van der Waals surface area (Å²) >= 11 is 0. The molecular weight excluding hydrogens is 236 g/mol. The number of halogens is 1. The first-order valence-electron chi connectivity index (χ1n) is 6.46. The molecule has 1 aliphatic rings. The average Bonchev–Trinajstić information content (AvgIpc) is 2.21. The summed E-state index contributed by atoms with van der Waals surface area (Å²) in [6, 6.07) is 0. The Balaban J connectivity index is 0.00000256. The van der Waals surface area contributed by atoms with Gasteiger partial charge in [-0.25, -0.2) is 0 Å². The maximum absolute atomic E-state index is 12.3. The first-order chi connectivity index (χ1) is 7.38. The van der Waals surface area contributed by atoms with Crippen molar-refractivity contribution >= 4 is 18.3 Å². The number of amides is 1. The van der Waals surface area contributed by atoms with Crippen molar-refractivity contribution < 1.29 is 4.79 Å². The van der Waals surface area contributed by atoms with Crippen LogP contribution in [0.1, 0.15) is 47.0 Å². The lowest BCUT2D eigenvalue weighted by Crippen LogP contribution is -2.56. The van der Waals surface area contributed by atoms with Crippen LogP contribution in [0.5, 0.6) is 0 Å². The number of nitrogens with zero attached hydrogens (tertiary/aromatic N) is 1. The van der Waals surface area contributed by atoms with Gasteiger partial charge in [-0.1, -0.05) is 27.2 Å². The summed E-state index contributed by atoms with van der Waals surface area (Å²) in [5, 5.41) is 0. The maximum atomic E-state index is 12.3. The van der Waals surface area contributed by atoms with E-state index in [1.54, 1.807) is 0 Å². The summed E-state index contributed by atoms with van der Waals surface area (Å²) in [7, 11) is 0. The van der Waals surface area contributed by atoms with Gasteiger partial charge in [0.05, 0.1) is 5.54 Å². The Morgan fingerprint density at radius 1 is 1.41 bits per heavy atom. The van der Waals surface area contributed by atoms with Crippen LogP contribution in [-0.4, -0.2) is 29.4 Å². The molecule has 0 aromatic rings. The van der Waals surface area contributed by atoms with E-state index in [9.17, 15) is 4.79 Å². The highest BCUT2D eigenvalue weighted by molar-refractivity contribution is 5.86. The second kappa shape index (κ2) is 6.60. The van der Waals surface area contributed by atoms with Gasteiger partial charge in [-0.3, -0.25) is 4.79 Å². The standard InChI is InChI=1S/C13H26N2O.ClH/c1-5-7-13(4,14)12(16)15-8-6-10(2)11(3)9-15;/h10-11H,5-9,14H2,1-4H3;1H. The molecule has 0 saturated carbocycles. The molecule has 0 aliphatic carbocycles. The molecule has 0 aromatic carbocycles. The van der Waals surface area contributed by atoms with E-state index in [1.807, 2.05) is 11.8 Å². The number of hydrogen-bond acceptors (Lipinski definition) is 2. The van der Waals surface area contributed by atoms with Crippen LogP contribution in [0.2, 0.25) is 0 Å². The number of hydrogen-bond donors (Lipinski definition) is 1. The molecule has 4 heteroatoms. The van der Waals surface area contributed by atoms with Crippen LogP contribution in [0.4, 0.5) is 0 Å². The van der Waals surface area contributed by atoms with Gasteiger partial charge in [0.15, 0.2) is 0 Å². The third-order valence-electron chi connectivity index (χ3n) is 3.88. The van der Waals surface area contributed by atoms with E-state index in [2.05, 4.69) is 20.8 Å². The number of likely N-dealkylation sites (tertiary alicyclic amines) is 1. The van der Waals surface area contributed by atoms with Crippen molar-refractivity contribution in [1.82, 2.24) is 4.90 Å². The highest BCUT2D eigenvalue weighted by atomic mass is 35.5. The second-order valence-electron chi connectivity index (χ2n) is 5.66. The summed E-state index contributed by atoms with van der Waals surface area (Å²) in [4.78, 5) is 14.2. The van der Waals surface area contributed by atoms with E-state index in [1.165, 1.54) is 0 Å². The molecular formula is C13H27ClN2O. The molecule has 1 rings (SSSR count). The SMILES string of the molecule is CCCC(C)(N)C(=O)N1CCC(C)C(C)C1.Cl. The Hall–Kier alpha value is -0.280. The minimum Gasteiger partial charge on any atom is -0.341 e. The zero-order valence-electron chi connectivity index (χ0n) is 11.5. The third-order valence-corrected chi connectivity index (χ3v) is 3.88. The molecule has 1 heterocycles. The fraction of sp³-hybridized carbons (Fsp3) is 0.923. The largest absolute Gasteiger partial charge is 0.341 e. The molecule has 102 valence electrons. The molecule has 3 atom stereocenters. The molecule has 3 nitrogen and oxygen atoms in total. The van der Waals surface area contributed by atoms with Gasteiger partial charge in [-0.05, 0) is 31.6 Å². The third kappa shape index (κ3) is 4.14. The highest BCUT2D eigenvalue weighted by Crippen LogP contribution is 2.24. The molecule has 3 unspecified atom stereocenters. The molecule has 17 heavy (non-hydrogen) atoms. The molecule has 2 N–H and O–H groups in total. The van der Waals surface area contributed by atoms with E-state index in [4.69, 9.17) is 5.73 Å². The minimum atomic E-state index is -0.672. The lowest BCUT2D eigenvalue weighted by molar-refractivity contribution is -0.139. The Labute approximate surface area is 112 Å². The lowest BCUT2D eigenvalue weighted by Gasteiger charge is -2.39. The zero-order chi connectivity index (χ0) is 12.3. The normalized spacial score (nSPS) is 28.2. The van der Waals surface area contributed by atoms with Gasteiger partial charge >= 0.3 is 0 Å². The molecule has 0 aromatic heterocycles. The molecule has 1 fully saturated rings. The summed E-state index contributed by atoms with van der Waals surface area (Å²) < 4.78 is 0. The number of carbonyl (C=O) groups excluding carboxylic acids is 1. The Bertz CT molecular complexity index is 256. The van der Waals surface area contributed by atoms with Crippen molar-refractivity contribution in [3.63, 3.8) is 0 Å². The van der Waals surface area contributed by atoms with Crippen molar-refractivity contribution in [1.29, 1.82) is 0 Å². The minimum absolute atomic E-state index is 0. The quantitative estimate of drug-likeness (QED) is 0.849. The van der Waals surface area contributed by atoms with E-state index in [0.717, 1.165) is 38.3 Å². The van der Waals surface area contributed by atoms with Crippen LogP contribution in [0.25, 0.3) is 0 Å². The van der Waals surface area contributed by atoms with Gasteiger partial charge < -0.3 is 10.6 Å². The molecule has 0 radical (unpaired) electrons. The zero-order valence-corrected chi connectivity index (χ0v) is 12.3. The van der Waals surface area contributed by atoms with E-state index >= 15 is 0 Å². The van der Waals surface area contributed by atoms with Gasteiger partial charge in [-0.15, -0.1) is 12.4 Å². The number of carbonyl (C=O) groups is 1. The molecule has 0 bridgehead atoms. The summed E-state index contributed by atoms with van der Waals surface area (Å²) in [6.45, 7) is 10.2. The van der Waals surface area contributed by atoms with Crippen molar-refractivity contribution in [2.45, 2.75) is 52.5 Å². The number of piperidine rings is 1. The van der Waals surface area contributed by atoms with Crippen LogP contribution >= 0.6 is 12.4 Å². The summed E-state index contributed by atoms with van der Waals surface area (Å²) in [5.74, 6) is 1.45. The van der Waals surface area contributed by atoms with E-state index in [-0.39, 0.29) is 18.3 Å². The smallest absolute Gasteiger partial charge is 0.242 e. The highest BCUT2D eigenvalue weighted by Gasteiger charge is 2.34. The van der Waals surface area contributed by atoms with Gasteiger partial charge in [0.1, 0.15) is 0 Å². The number of rotatable bonds is 3. The van der Waals surface area contributed by atoms with Crippen LogP contribution in [0, 0.1) is 11.8 Å². The van der Waals surface area contributed by atoms with E-state index < -0.39 is 5.54 Å². The first kappa shape index (κ1) is 16.7. The van der Waals surface area contributed by atoms with Gasteiger partial charge in [0.25, 0.3) is 0 Å². The molecule has 1 aliphatic heterocycles. The summed E-state index contributed by atoms with van der Waals surface area (Å²) in [5.41, 5.74) is 5.42. The van der Waals surface area contributed by atoms with Crippen LogP contribution < -0.4 is 5.73 Å². The van der Waals surface area contributed by atoms with Crippen molar-refractivity contribution in [3.05, 3.63) is 0 Å². The maximum Gasteiger partial charge on any atom is 0.242 e. The van der Waals surface area contributed by atoms with Gasteiger partial charge in [-0.2, -0.15) is 0 Å². The van der Waals surface area contributed by atoms with Crippen molar-refractivity contribution in [2.75, 3.05) is 13.1 Å².